The van der Waals surface area contributed by atoms with Crippen LogP contribution in [0.4, 0.5) is 4.79 Å². The molecule has 0 radical (unpaired) electrons. The van der Waals surface area contributed by atoms with Gasteiger partial charge in [0.15, 0.2) is 0 Å². The summed E-state index contributed by atoms with van der Waals surface area (Å²) in [5, 5.41) is 0. The maximum atomic E-state index is 11.9. The molecule has 1 saturated heterocycles. The van der Waals surface area contributed by atoms with E-state index in [0.29, 0.717) is 12.5 Å². The number of esters is 1. The molecule has 0 unspecified atom stereocenters. The first kappa shape index (κ1) is 21.0. The highest BCUT2D eigenvalue weighted by Gasteiger charge is 2.26. The molecule has 0 aromatic heterocycles. The van der Waals surface area contributed by atoms with Crippen molar-refractivity contribution in [2.24, 2.45) is 5.92 Å². The predicted molar refractivity (Wildman–Crippen MR) is 98.2 cm³/mol. The molecule has 5 nitrogen and oxygen atoms in total. The quantitative estimate of drug-likeness (QED) is 0.765. The summed E-state index contributed by atoms with van der Waals surface area (Å²) in [6, 6.07) is 12.0. The molecule has 1 aromatic carbocycles. The molecule has 0 spiro atoms. The number of likely N-dealkylation sites (tertiary alicyclic amines) is 1. The molecule has 1 aliphatic rings. The Morgan fingerprint density at radius 1 is 1.00 bits per heavy atom. The summed E-state index contributed by atoms with van der Waals surface area (Å²) in [4.78, 5) is 24.3. The highest BCUT2D eigenvalue weighted by atomic mass is 16.6. The third-order valence-electron chi connectivity index (χ3n) is 3.76. The molecule has 1 aliphatic heterocycles. The van der Waals surface area contributed by atoms with Crippen LogP contribution in [0.2, 0.25) is 0 Å². The summed E-state index contributed by atoms with van der Waals surface area (Å²) in [5.41, 5.74) is -0.441. The van der Waals surface area contributed by atoms with E-state index >= 15 is 0 Å². The molecule has 1 fully saturated rings. The fourth-order valence-electron chi connectivity index (χ4n) is 2.48. The van der Waals surface area contributed by atoms with E-state index in [1.165, 1.54) is 6.92 Å². The molecule has 2 rings (SSSR count). The monoisotopic (exact) mass is 349 g/mol. The summed E-state index contributed by atoms with van der Waals surface area (Å²) in [6.07, 6.45) is 2.54. The number of carbonyl (C=O) groups is 2. The van der Waals surface area contributed by atoms with Crippen LogP contribution in [0, 0.1) is 5.92 Å². The Hall–Kier alpha value is -2.04. The highest BCUT2D eigenvalue weighted by Crippen LogP contribution is 2.22. The van der Waals surface area contributed by atoms with E-state index in [2.05, 4.69) is 0 Å². The smallest absolute Gasteiger partial charge is 0.410 e. The molecule has 0 atom stereocenters. The van der Waals surface area contributed by atoms with Crippen molar-refractivity contribution in [3.8, 4) is 0 Å². The normalized spacial score (nSPS) is 15.0. The maximum Gasteiger partial charge on any atom is 0.410 e. The van der Waals surface area contributed by atoms with Crippen LogP contribution in [0.3, 0.4) is 0 Å². The van der Waals surface area contributed by atoms with E-state index in [1.807, 2.05) is 57.2 Å². The van der Waals surface area contributed by atoms with Gasteiger partial charge < -0.3 is 14.4 Å². The van der Waals surface area contributed by atoms with E-state index in [-0.39, 0.29) is 12.1 Å². The van der Waals surface area contributed by atoms with Gasteiger partial charge in [0.05, 0.1) is 6.61 Å². The Labute approximate surface area is 151 Å². The molecular formula is C20H31NO4. The van der Waals surface area contributed by atoms with Crippen LogP contribution in [-0.4, -0.2) is 42.3 Å². The van der Waals surface area contributed by atoms with Crippen molar-refractivity contribution in [2.75, 3.05) is 19.7 Å². The van der Waals surface area contributed by atoms with Gasteiger partial charge in [-0.05, 0) is 46.0 Å². The number of nitrogens with zero attached hydrogens (tertiary/aromatic N) is 1. The molecule has 5 heteroatoms. The van der Waals surface area contributed by atoms with Gasteiger partial charge in [0.25, 0.3) is 0 Å². The standard InChI is InChI=1S/C14H25NO4.C6H6/c1-11(16)18-10-7-12-5-8-15(9-6-12)13(17)19-14(2,3)4;1-2-4-6-5-3-1/h12H,5-10H2,1-4H3;1-6H. The number of rotatable bonds is 3. The molecular weight excluding hydrogens is 318 g/mol. The van der Waals surface area contributed by atoms with Gasteiger partial charge in [-0.2, -0.15) is 0 Å². The molecule has 0 bridgehead atoms. The van der Waals surface area contributed by atoms with Crippen LogP contribution in [0.1, 0.15) is 47.0 Å². The number of piperidine rings is 1. The SMILES string of the molecule is CC(=O)OCCC1CCN(C(=O)OC(C)(C)C)CC1.c1ccccc1. The first-order valence-corrected chi connectivity index (χ1v) is 8.89. The van der Waals surface area contributed by atoms with Crippen LogP contribution in [-0.2, 0) is 14.3 Å². The Morgan fingerprint density at radius 3 is 1.88 bits per heavy atom. The molecule has 0 aliphatic carbocycles. The van der Waals surface area contributed by atoms with Crippen molar-refractivity contribution in [3.63, 3.8) is 0 Å². The molecule has 25 heavy (non-hydrogen) atoms. The first-order valence-electron chi connectivity index (χ1n) is 8.89. The lowest BCUT2D eigenvalue weighted by molar-refractivity contribution is -0.141. The average molecular weight is 349 g/mol. The number of benzene rings is 1. The second-order valence-electron chi connectivity index (χ2n) is 7.19. The fourth-order valence-corrected chi connectivity index (χ4v) is 2.48. The minimum Gasteiger partial charge on any atom is -0.466 e. The Morgan fingerprint density at radius 2 is 1.48 bits per heavy atom. The third-order valence-corrected chi connectivity index (χ3v) is 3.76. The lowest BCUT2D eigenvalue weighted by atomic mass is 9.94. The zero-order valence-electron chi connectivity index (χ0n) is 15.9. The van der Waals surface area contributed by atoms with Crippen LogP contribution < -0.4 is 0 Å². The second-order valence-corrected chi connectivity index (χ2v) is 7.19. The fraction of sp³-hybridized carbons (Fsp3) is 0.600. The van der Waals surface area contributed by atoms with E-state index in [4.69, 9.17) is 9.47 Å². The van der Waals surface area contributed by atoms with Crippen molar-refractivity contribution in [3.05, 3.63) is 36.4 Å². The highest BCUT2D eigenvalue weighted by molar-refractivity contribution is 5.68. The Bertz CT molecular complexity index is 475. The summed E-state index contributed by atoms with van der Waals surface area (Å²) >= 11 is 0. The minimum absolute atomic E-state index is 0.230. The van der Waals surface area contributed by atoms with Gasteiger partial charge in [-0.15, -0.1) is 0 Å². The number of carbonyl (C=O) groups excluding carboxylic acids is 2. The molecule has 1 amide bonds. The molecule has 140 valence electrons. The topological polar surface area (TPSA) is 55.8 Å². The van der Waals surface area contributed by atoms with Gasteiger partial charge in [0, 0.05) is 20.0 Å². The Kier molecular flexibility index (Phi) is 9.03. The largest absolute Gasteiger partial charge is 0.466 e. The van der Waals surface area contributed by atoms with Gasteiger partial charge in [0.1, 0.15) is 5.60 Å². The predicted octanol–water partition coefficient (Wildman–Crippen LogP) is 4.27. The minimum atomic E-state index is -0.441. The summed E-state index contributed by atoms with van der Waals surface area (Å²) in [5.74, 6) is 0.296. The third kappa shape index (κ3) is 10.4. The zero-order chi connectivity index (χ0) is 18.7. The number of hydrogen-bond donors (Lipinski definition) is 0. The van der Waals surface area contributed by atoms with Crippen molar-refractivity contribution < 1.29 is 19.1 Å². The van der Waals surface area contributed by atoms with E-state index in [9.17, 15) is 9.59 Å². The van der Waals surface area contributed by atoms with Crippen LogP contribution >= 0.6 is 0 Å². The number of hydrogen-bond acceptors (Lipinski definition) is 4. The van der Waals surface area contributed by atoms with E-state index < -0.39 is 5.60 Å². The van der Waals surface area contributed by atoms with Gasteiger partial charge in [-0.1, -0.05) is 36.4 Å². The van der Waals surface area contributed by atoms with Crippen LogP contribution in [0.25, 0.3) is 0 Å². The lowest BCUT2D eigenvalue weighted by Crippen LogP contribution is -2.41. The molecule has 1 aromatic rings. The number of ether oxygens (including phenoxy) is 2. The van der Waals surface area contributed by atoms with Gasteiger partial charge in [-0.25, -0.2) is 4.79 Å². The molecule has 1 heterocycles. The van der Waals surface area contributed by atoms with Crippen molar-refractivity contribution in [1.82, 2.24) is 4.90 Å². The first-order chi connectivity index (χ1) is 11.8. The van der Waals surface area contributed by atoms with E-state index in [1.54, 1.807) is 4.90 Å². The van der Waals surface area contributed by atoms with Crippen molar-refractivity contribution >= 4 is 12.1 Å². The maximum absolute atomic E-state index is 11.9. The summed E-state index contributed by atoms with van der Waals surface area (Å²) < 4.78 is 10.3. The molecule has 0 N–H and O–H groups in total. The van der Waals surface area contributed by atoms with Crippen LogP contribution in [0.15, 0.2) is 36.4 Å². The molecule has 0 saturated carbocycles. The average Bonchev–Trinajstić information content (AvgIpc) is 2.56. The zero-order valence-corrected chi connectivity index (χ0v) is 15.9. The summed E-state index contributed by atoms with van der Waals surface area (Å²) in [6.45, 7) is 8.96. The van der Waals surface area contributed by atoms with Gasteiger partial charge in [0.2, 0.25) is 0 Å². The van der Waals surface area contributed by atoms with Gasteiger partial charge in [-0.3, -0.25) is 4.79 Å². The van der Waals surface area contributed by atoms with Crippen molar-refractivity contribution in [2.45, 2.75) is 52.6 Å². The van der Waals surface area contributed by atoms with Gasteiger partial charge >= 0.3 is 12.1 Å². The second kappa shape index (κ2) is 10.7. The van der Waals surface area contributed by atoms with Crippen molar-refractivity contribution in [1.29, 1.82) is 0 Å². The summed E-state index contributed by atoms with van der Waals surface area (Å²) in [7, 11) is 0. The lowest BCUT2D eigenvalue weighted by Gasteiger charge is -2.33. The van der Waals surface area contributed by atoms with Crippen LogP contribution in [0.5, 0.6) is 0 Å². The number of amides is 1. The Balaban J connectivity index is 0.000000435. The van der Waals surface area contributed by atoms with E-state index in [0.717, 1.165) is 32.4 Å².